The standard InChI is InChI=1S/C25H29ClN2O/c1-2-28-15-5-7-22(28)16-27-17-24-23-8-4-3-6-20(23)11-14-25(24)29-18-19-9-12-21(26)13-10-19/h3-4,6,8-14,22,27H,2,5,7,15-18H2,1H3/t22-/m1/s1. The van der Waals surface area contributed by atoms with Gasteiger partial charge in [0, 0.05) is 29.7 Å². The van der Waals surface area contributed by atoms with Crippen LogP contribution in [0, 0.1) is 0 Å². The van der Waals surface area contributed by atoms with Crippen LogP contribution < -0.4 is 10.1 Å². The molecule has 0 spiro atoms. The second-order valence-electron chi connectivity index (χ2n) is 7.73. The summed E-state index contributed by atoms with van der Waals surface area (Å²) in [5.74, 6) is 0.949. The van der Waals surface area contributed by atoms with E-state index in [1.807, 2.05) is 24.3 Å². The van der Waals surface area contributed by atoms with Crippen LogP contribution in [0.15, 0.2) is 60.7 Å². The number of rotatable bonds is 8. The van der Waals surface area contributed by atoms with Gasteiger partial charge in [-0.2, -0.15) is 0 Å². The summed E-state index contributed by atoms with van der Waals surface area (Å²) in [7, 11) is 0. The highest BCUT2D eigenvalue weighted by atomic mass is 35.5. The van der Waals surface area contributed by atoms with Gasteiger partial charge in [0.25, 0.3) is 0 Å². The van der Waals surface area contributed by atoms with Crippen LogP contribution in [0.3, 0.4) is 0 Å². The molecule has 3 aromatic carbocycles. The molecule has 0 amide bonds. The van der Waals surface area contributed by atoms with Gasteiger partial charge in [-0.3, -0.25) is 4.90 Å². The third-order valence-corrected chi connectivity index (χ3v) is 6.14. The summed E-state index contributed by atoms with van der Waals surface area (Å²) < 4.78 is 6.24. The third-order valence-electron chi connectivity index (χ3n) is 5.89. The largest absolute Gasteiger partial charge is 0.489 e. The Bertz CT molecular complexity index is 941. The molecule has 1 saturated heterocycles. The van der Waals surface area contributed by atoms with Gasteiger partial charge in [-0.05, 0) is 60.5 Å². The first-order valence-corrected chi connectivity index (χ1v) is 10.9. The lowest BCUT2D eigenvalue weighted by atomic mass is 10.0. The van der Waals surface area contributed by atoms with Crippen LogP contribution in [0.25, 0.3) is 10.8 Å². The molecule has 1 aliphatic rings. The maximum Gasteiger partial charge on any atom is 0.124 e. The van der Waals surface area contributed by atoms with Crippen molar-refractivity contribution in [2.75, 3.05) is 19.6 Å². The molecular weight excluding hydrogens is 380 g/mol. The lowest BCUT2D eigenvalue weighted by Crippen LogP contribution is -2.37. The first-order valence-electron chi connectivity index (χ1n) is 10.6. The highest BCUT2D eigenvalue weighted by Gasteiger charge is 2.22. The molecule has 4 heteroatoms. The van der Waals surface area contributed by atoms with E-state index in [9.17, 15) is 0 Å². The quantitative estimate of drug-likeness (QED) is 0.521. The SMILES string of the molecule is CCN1CCC[C@@H]1CNCc1c(OCc2ccc(Cl)cc2)ccc2ccccc12. The number of hydrogen-bond donors (Lipinski definition) is 1. The van der Waals surface area contributed by atoms with Crippen LogP contribution in [0.5, 0.6) is 5.75 Å². The Kier molecular flexibility index (Phi) is 6.70. The molecule has 3 nitrogen and oxygen atoms in total. The maximum atomic E-state index is 6.24. The Morgan fingerprint density at radius 2 is 1.90 bits per heavy atom. The van der Waals surface area contributed by atoms with Crippen molar-refractivity contribution in [2.45, 2.75) is 39.0 Å². The van der Waals surface area contributed by atoms with E-state index < -0.39 is 0 Å². The van der Waals surface area contributed by atoms with Gasteiger partial charge in [0.15, 0.2) is 0 Å². The molecule has 1 N–H and O–H groups in total. The summed E-state index contributed by atoms with van der Waals surface area (Å²) in [6, 6.07) is 21.3. The Balaban J connectivity index is 1.50. The number of nitrogens with one attached hydrogen (secondary N) is 1. The fraction of sp³-hybridized carbons (Fsp3) is 0.360. The van der Waals surface area contributed by atoms with Crippen molar-refractivity contribution in [2.24, 2.45) is 0 Å². The predicted molar refractivity (Wildman–Crippen MR) is 122 cm³/mol. The van der Waals surface area contributed by atoms with Crippen LogP contribution in [-0.4, -0.2) is 30.6 Å². The Morgan fingerprint density at radius 3 is 2.72 bits per heavy atom. The molecule has 29 heavy (non-hydrogen) atoms. The van der Waals surface area contributed by atoms with Gasteiger partial charge in [-0.1, -0.05) is 61.0 Å². The van der Waals surface area contributed by atoms with Crippen molar-refractivity contribution in [1.29, 1.82) is 0 Å². The van der Waals surface area contributed by atoms with E-state index in [1.54, 1.807) is 0 Å². The van der Waals surface area contributed by atoms with Crippen LogP contribution in [0.2, 0.25) is 5.02 Å². The van der Waals surface area contributed by atoms with Gasteiger partial charge >= 0.3 is 0 Å². The van der Waals surface area contributed by atoms with E-state index in [-0.39, 0.29) is 0 Å². The van der Waals surface area contributed by atoms with E-state index in [4.69, 9.17) is 16.3 Å². The Hall–Kier alpha value is -2.07. The fourth-order valence-electron chi connectivity index (χ4n) is 4.28. The van der Waals surface area contributed by atoms with E-state index in [1.165, 1.54) is 35.7 Å². The molecule has 0 unspecified atom stereocenters. The molecule has 0 aromatic heterocycles. The lowest BCUT2D eigenvalue weighted by molar-refractivity contribution is 0.259. The van der Waals surface area contributed by atoms with Gasteiger partial charge in [0.2, 0.25) is 0 Å². The molecule has 3 aromatic rings. The van der Waals surface area contributed by atoms with Gasteiger partial charge < -0.3 is 10.1 Å². The minimum Gasteiger partial charge on any atom is -0.489 e. The van der Waals surface area contributed by atoms with Crippen LogP contribution >= 0.6 is 11.6 Å². The average Bonchev–Trinajstić information content (AvgIpc) is 3.21. The topological polar surface area (TPSA) is 24.5 Å². The molecule has 0 radical (unpaired) electrons. The number of benzene rings is 3. The molecule has 152 valence electrons. The number of ether oxygens (including phenoxy) is 1. The number of halogens is 1. The number of likely N-dealkylation sites (N-methyl/N-ethyl adjacent to an activating group) is 1. The molecule has 4 rings (SSSR count). The summed E-state index contributed by atoms with van der Waals surface area (Å²) in [5.41, 5.74) is 2.35. The fourth-order valence-corrected chi connectivity index (χ4v) is 4.41. The maximum absolute atomic E-state index is 6.24. The monoisotopic (exact) mass is 408 g/mol. The van der Waals surface area contributed by atoms with Gasteiger partial charge in [-0.15, -0.1) is 0 Å². The first-order chi connectivity index (χ1) is 14.2. The number of hydrogen-bond acceptors (Lipinski definition) is 3. The second kappa shape index (κ2) is 9.62. The van der Waals surface area contributed by atoms with Crippen molar-refractivity contribution < 1.29 is 4.74 Å². The van der Waals surface area contributed by atoms with Crippen molar-refractivity contribution in [3.63, 3.8) is 0 Å². The van der Waals surface area contributed by atoms with Gasteiger partial charge in [-0.25, -0.2) is 0 Å². The smallest absolute Gasteiger partial charge is 0.124 e. The average molecular weight is 409 g/mol. The molecule has 0 aliphatic carbocycles. The lowest BCUT2D eigenvalue weighted by Gasteiger charge is -2.23. The second-order valence-corrected chi connectivity index (χ2v) is 8.17. The van der Waals surface area contributed by atoms with E-state index in [0.29, 0.717) is 12.6 Å². The minimum atomic E-state index is 0.536. The highest BCUT2D eigenvalue weighted by Crippen LogP contribution is 2.29. The van der Waals surface area contributed by atoms with E-state index in [0.717, 1.165) is 36.0 Å². The number of likely N-dealkylation sites (tertiary alicyclic amines) is 1. The zero-order chi connectivity index (χ0) is 20.1. The normalized spacial score (nSPS) is 17.1. The minimum absolute atomic E-state index is 0.536. The summed E-state index contributed by atoms with van der Waals surface area (Å²) in [4.78, 5) is 2.58. The summed E-state index contributed by atoms with van der Waals surface area (Å²) in [6.45, 7) is 6.99. The molecule has 1 atom stereocenters. The van der Waals surface area contributed by atoms with Crippen LogP contribution in [0.4, 0.5) is 0 Å². The summed E-state index contributed by atoms with van der Waals surface area (Å²) in [6.07, 6.45) is 2.60. The van der Waals surface area contributed by atoms with Crippen LogP contribution in [-0.2, 0) is 13.2 Å². The molecule has 0 saturated carbocycles. The van der Waals surface area contributed by atoms with Crippen molar-refractivity contribution in [3.05, 3.63) is 76.8 Å². The third kappa shape index (κ3) is 4.92. The zero-order valence-corrected chi connectivity index (χ0v) is 17.8. The summed E-state index contributed by atoms with van der Waals surface area (Å²) in [5, 5.41) is 6.96. The molecule has 1 aliphatic heterocycles. The number of fused-ring (bicyclic) bond motifs is 1. The van der Waals surface area contributed by atoms with Gasteiger partial charge in [0.1, 0.15) is 12.4 Å². The molecule has 1 fully saturated rings. The number of nitrogens with zero attached hydrogens (tertiary/aromatic N) is 1. The molecule has 0 bridgehead atoms. The Morgan fingerprint density at radius 1 is 1.07 bits per heavy atom. The molecule has 1 heterocycles. The molecular formula is C25H29ClN2O. The van der Waals surface area contributed by atoms with Crippen molar-refractivity contribution in [1.82, 2.24) is 10.2 Å². The van der Waals surface area contributed by atoms with Gasteiger partial charge in [0.05, 0.1) is 0 Å². The first kappa shape index (κ1) is 20.2. The predicted octanol–water partition coefficient (Wildman–Crippen LogP) is 5.65. The Labute approximate surface area is 178 Å². The van der Waals surface area contributed by atoms with Crippen molar-refractivity contribution >= 4 is 22.4 Å². The van der Waals surface area contributed by atoms with Crippen molar-refractivity contribution in [3.8, 4) is 5.75 Å². The highest BCUT2D eigenvalue weighted by molar-refractivity contribution is 6.30. The van der Waals surface area contributed by atoms with E-state index in [2.05, 4.69) is 53.5 Å². The zero-order valence-electron chi connectivity index (χ0n) is 17.0. The van der Waals surface area contributed by atoms with Crippen LogP contribution in [0.1, 0.15) is 30.9 Å². The van der Waals surface area contributed by atoms with E-state index >= 15 is 0 Å². The summed E-state index contributed by atoms with van der Waals surface area (Å²) >= 11 is 6.00.